The number of carbonyl (C=O) groups excluding carboxylic acids is 1. The molecule has 0 fully saturated rings. The molecule has 0 N–H and O–H groups in total. The second-order valence-corrected chi connectivity index (χ2v) is 3.61. The fourth-order valence-electron chi connectivity index (χ4n) is 1.47. The van der Waals surface area contributed by atoms with Gasteiger partial charge in [-0.25, -0.2) is 4.79 Å². The second-order valence-electron chi connectivity index (χ2n) is 3.61. The van der Waals surface area contributed by atoms with E-state index in [0.717, 1.165) is 0 Å². The quantitative estimate of drug-likeness (QED) is 0.632. The lowest BCUT2D eigenvalue weighted by atomic mass is 10.0. The number of nitrogens with zero attached hydrogens (tertiary/aromatic N) is 1. The predicted molar refractivity (Wildman–Crippen MR) is 58.7 cm³/mol. The zero-order valence-corrected chi connectivity index (χ0v) is 10.5. The van der Waals surface area contributed by atoms with E-state index < -0.39 is 41.2 Å². The first kappa shape index (κ1) is 16.7. The Morgan fingerprint density at radius 3 is 2.43 bits per heavy atom. The lowest BCUT2D eigenvalue weighted by molar-refractivity contribution is -0.141. The van der Waals surface area contributed by atoms with Crippen molar-refractivity contribution in [2.75, 3.05) is 6.61 Å². The van der Waals surface area contributed by atoms with Crippen molar-refractivity contribution in [2.24, 2.45) is 0 Å². The largest absolute Gasteiger partial charge is 0.462 e. The minimum Gasteiger partial charge on any atom is -0.462 e. The van der Waals surface area contributed by atoms with Crippen molar-refractivity contribution >= 4 is 5.97 Å². The number of carbonyl (C=O) groups is 1. The van der Waals surface area contributed by atoms with Gasteiger partial charge in [-0.3, -0.25) is 0 Å². The van der Waals surface area contributed by atoms with Gasteiger partial charge in [-0.1, -0.05) is 0 Å². The summed E-state index contributed by atoms with van der Waals surface area (Å²) in [7, 11) is 0. The van der Waals surface area contributed by atoms with E-state index in [9.17, 15) is 26.7 Å². The third-order valence-electron chi connectivity index (χ3n) is 2.23. The lowest BCUT2D eigenvalue weighted by Gasteiger charge is -2.16. The van der Waals surface area contributed by atoms with Crippen LogP contribution in [0, 0.1) is 11.3 Å². The molecule has 9 heteroatoms. The van der Waals surface area contributed by atoms with Crippen molar-refractivity contribution in [3.8, 4) is 11.8 Å². The van der Waals surface area contributed by atoms with Crippen molar-refractivity contribution in [3.05, 3.63) is 28.8 Å². The summed E-state index contributed by atoms with van der Waals surface area (Å²) in [4.78, 5) is 11.4. The topological polar surface area (TPSA) is 59.3 Å². The molecule has 0 aliphatic rings. The van der Waals surface area contributed by atoms with Crippen LogP contribution in [0.4, 0.5) is 22.0 Å². The number of nitriles is 1. The van der Waals surface area contributed by atoms with Gasteiger partial charge in [0.05, 0.1) is 23.3 Å². The average molecular weight is 309 g/mol. The minimum atomic E-state index is -5.08. The molecule has 1 rings (SSSR count). The van der Waals surface area contributed by atoms with Gasteiger partial charge in [0, 0.05) is 0 Å². The molecule has 0 radical (unpaired) electrons. The first-order valence-electron chi connectivity index (χ1n) is 5.48. The highest BCUT2D eigenvalue weighted by Crippen LogP contribution is 2.39. The van der Waals surface area contributed by atoms with Crippen LogP contribution in [0.1, 0.15) is 28.4 Å². The maximum Gasteiger partial charge on any atom is 0.420 e. The van der Waals surface area contributed by atoms with E-state index in [-0.39, 0.29) is 6.61 Å². The SMILES string of the molecule is CCOC(=O)c1cc(C#N)c(OC(F)F)c(C(F)(F)F)c1. The number of alkyl halides is 5. The number of hydrogen-bond acceptors (Lipinski definition) is 4. The summed E-state index contributed by atoms with van der Waals surface area (Å²) in [6.07, 6.45) is -5.08. The third-order valence-corrected chi connectivity index (χ3v) is 2.23. The summed E-state index contributed by atoms with van der Waals surface area (Å²) < 4.78 is 71.2. The Labute approximate surface area is 115 Å². The Morgan fingerprint density at radius 2 is 2.00 bits per heavy atom. The van der Waals surface area contributed by atoms with Crippen molar-refractivity contribution in [2.45, 2.75) is 19.7 Å². The molecule has 0 saturated carbocycles. The van der Waals surface area contributed by atoms with Crippen LogP contribution in [0.5, 0.6) is 5.75 Å². The lowest BCUT2D eigenvalue weighted by Crippen LogP contribution is -2.15. The summed E-state index contributed by atoms with van der Waals surface area (Å²) in [6.45, 7) is -2.22. The molecule has 0 spiro atoms. The highest BCUT2D eigenvalue weighted by atomic mass is 19.4. The fourth-order valence-corrected chi connectivity index (χ4v) is 1.47. The van der Waals surface area contributed by atoms with Gasteiger partial charge < -0.3 is 9.47 Å². The molecule has 0 bridgehead atoms. The van der Waals surface area contributed by atoms with Gasteiger partial charge in [-0.2, -0.15) is 27.2 Å². The maximum absolute atomic E-state index is 12.9. The molecule has 0 unspecified atom stereocenters. The van der Waals surface area contributed by atoms with E-state index in [4.69, 9.17) is 5.26 Å². The Morgan fingerprint density at radius 1 is 1.38 bits per heavy atom. The van der Waals surface area contributed by atoms with Crippen LogP contribution in [-0.4, -0.2) is 19.2 Å². The molecule has 0 aliphatic carbocycles. The summed E-state index contributed by atoms with van der Waals surface area (Å²) >= 11 is 0. The van der Waals surface area contributed by atoms with Gasteiger partial charge in [-0.05, 0) is 19.1 Å². The average Bonchev–Trinajstić information content (AvgIpc) is 2.37. The normalized spacial score (nSPS) is 11.1. The van der Waals surface area contributed by atoms with Gasteiger partial charge in [0.15, 0.2) is 5.75 Å². The Bertz CT molecular complexity index is 577. The van der Waals surface area contributed by atoms with Crippen LogP contribution in [0.25, 0.3) is 0 Å². The minimum absolute atomic E-state index is 0.0998. The van der Waals surface area contributed by atoms with Crippen molar-refractivity contribution in [1.82, 2.24) is 0 Å². The molecule has 0 amide bonds. The van der Waals surface area contributed by atoms with Crippen LogP contribution in [0.15, 0.2) is 12.1 Å². The number of rotatable bonds is 4. The van der Waals surface area contributed by atoms with Crippen molar-refractivity contribution < 1.29 is 36.2 Å². The Kier molecular flexibility index (Phi) is 5.07. The van der Waals surface area contributed by atoms with Crippen molar-refractivity contribution in [3.63, 3.8) is 0 Å². The molecule has 0 saturated heterocycles. The molecule has 0 aromatic heterocycles. The highest BCUT2D eigenvalue weighted by Gasteiger charge is 2.37. The molecule has 1 aromatic rings. The summed E-state index contributed by atoms with van der Waals surface area (Å²) in [6, 6.07) is 2.29. The standard InChI is InChI=1S/C12H8F5NO3/c1-2-20-10(19)6-3-7(5-18)9(21-11(13)14)8(4-6)12(15,16)17/h3-4,11H,2H2,1H3. The van der Waals surface area contributed by atoms with E-state index in [0.29, 0.717) is 12.1 Å². The first-order valence-corrected chi connectivity index (χ1v) is 5.48. The zero-order chi connectivity index (χ0) is 16.2. The van der Waals surface area contributed by atoms with Crippen LogP contribution in [0.3, 0.4) is 0 Å². The second kappa shape index (κ2) is 6.39. The number of hydrogen-bond donors (Lipinski definition) is 0. The Balaban J connectivity index is 3.51. The number of ether oxygens (including phenoxy) is 2. The van der Waals surface area contributed by atoms with Gasteiger partial charge in [0.25, 0.3) is 0 Å². The van der Waals surface area contributed by atoms with Gasteiger partial charge >= 0.3 is 18.8 Å². The van der Waals surface area contributed by atoms with E-state index in [1.165, 1.54) is 13.0 Å². The zero-order valence-electron chi connectivity index (χ0n) is 10.5. The van der Waals surface area contributed by atoms with E-state index in [2.05, 4.69) is 9.47 Å². The Hall–Kier alpha value is -2.37. The predicted octanol–water partition coefficient (Wildman–Crippen LogP) is 3.36. The smallest absolute Gasteiger partial charge is 0.420 e. The summed E-state index contributed by atoms with van der Waals surface area (Å²) in [5.74, 6) is -2.43. The molecular weight excluding hydrogens is 301 g/mol. The number of esters is 1. The van der Waals surface area contributed by atoms with Crippen LogP contribution < -0.4 is 4.74 Å². The van der Waals surface area contributed by atoms with E-state index in [1.54, 1.807) is 0 Å². The third kappa shape index (κ3) is 4.05. The molecular formula is C12H8F5NO3. The molecule has 0 heterocycles. The maximum atomic E-state index is 12.9. The molecule has 21 heavy (non-hydrogen) atoms. The van der Waals surface area contributed by atoms with Gasteiger partial charge in [0.2, 0.25) is 0 Å². The first-order chi connectivity index (χ1) is 9.70. The number of halogens is 5. The number of benzene rings is 1. The summed E-state index contributed by atoms with van der Waals surface area (Å²) in [5.41, 5.74) is -3.07. The molecule has 0 atom stereocenters. The monoisotopic (exact) mass is 309 g/mol. The van der Waals surface area contributed by atoms with Crippen molar-refractivity contribution in [1.29, 1.82) is 5.26 Å². The van der Waals surface area contributed by atoms with E-state index >= 15 is 0 Å². The van der Waals surface area contributed by atoms with E-state index in [1.807, 2.05) is 0 Å². The molecule has 114 valence electrons. The molecule has 4 nitrogen and oxygen atoms in total. The van der Waals surface area contributed by atoms with Crippen LogP contribution >= 0.6 is 0 Å². The van der Waals surface area contributed by atoms with Crippen LogP contribution in [0.2, 0.25) is 0 Å². The fraction of sp³-hybridized carbons (Fsp3) is 0.333. The highest BCUT2D eigenvalue weighted by molar-refractivity contribution is 5.90. The van der Waals surface area contributed by atoms with Gasteiger partial charge in [0.1, 0.15) is 6.07 Å². The van der Waals surface area contributed by atoms with Crippen LogP contribution in [-0.2, 0) is 10.9 Å². The molecule has 1 aromatic carbocycles. The molecule has 0 aliphatic heterocycles. The van der Waals surface area contributed by atoms with Gasteiger partial charge in [-0.15, -0.1) is 0 Å². The summed E-state index contributed by atoms with van der Waals surface area (Å²) in [5, 5.41) is 8.76.